The van der Waals surface area contributed by atoms with Crippen molar-refractivity contribution in [3.63, 3.8) is 0 Å². The first kappa shape index (κ1) is 12.2. The van der Waals surface area contributed by atoms with E-state index in [9.17, 15) is 4.79 Å². The minimum atomic E-state index is -0.758. The molecule has 0 aromatic heterocycles. The van der Waals surface area contributed by atoms with Gasteiger partial charge in [-0.25, -0.2) is 0 Å². The maximum atomic E-state index is 11.3. The first-order valence-corrected chi connectivity index (χ1v) is 6.47. The van der Waals surface area contributed by atoms with Crippen LogP contribution in [0, 0.1) is 0 Å². The number of ketones is 1. The lowest BCUT2D eigenvalue weighted by atomic mass is 9.91. The second kappa shape index (κ2) is 4.67. The van der Waals surface area contributed by atoms with Crippen LogP contribution in [0.3, 0.4) is 0 Å². The van der Waals surface area contributed by atoms with Crippen LogP contribution in [0.2, 0.25) is 0 Å². The van der Waals surface area contributed by atoms with E-state index < -0.39 is 5.79 Å². The Kier molecular flexibility index (Phi) is 2.99. The smallest absolute Gasteiger partial charge is 0.237 e. The highest BCUT2D eigenvalue weighted by molar-refractivity contribution is 5.92. The van der Waals surface area contributed by atoms with E-state index in [-0.39, 0.29) is 5.78 Å². The molecule has 2 aliphatic rings. The third kappa shape index (κ3) is 2.10. The lowest BCUT2D eigenvalue weighted by Gasteiger charge is -2.38. The molecule has 0 spiro atoms. The van der Waals surface area contributed by atoms with Gasteiger partial charge in [-0.1, -0.05) is 24.3 Å². The lowest BCUT2D eigenvalue weighted by Crippen LogP contribution is -2.43. The molecule has 0 saturated carbocycles. The summed E-state index contributed by atoms with van der Waals surface area (Å²) in [5.74, 6) is 0.221. The molecule has 0 bridgehead atoms. The van der Waals surface area contributed by atoms with Gasteiger partial charge in [0.2, 0.25) is 5.79 Å². The van der Waals surface area contributed by atoms with Crippen LogP contribution in [-0.2, 0) is 16.0 Å². The molecule has 0 fully saturated rings. The topological polar surface area (TPSA) is 35.5 Å². The number of benzene rings is 1. The highest BCUT2D eigenvalue weighted by Gasteiger charge is 2.39. The zero-order valence-corrected chi connectivity index (χ0v) is 10.9. The van der Waals surface area contributed by atoms with Gasteiger partial charge in [-0.2, -0.15) is 0 Å². The van der Waals surface area contributed by atoms with Gasteiger partial charge in [0.15, 0.2) is 5.78 Å². The monoisotopic (exact) mass is 256 g/mol. The SMILES string of the molecule is COC1(C2=CCC(=O)C=C2)CCc2ccccc2O1. The van der Waals surface area contributed by atoms with Gasteiger partial charge in [-0.15, -0.1) is 0 Å². The molecule has 3 rings (SSSR count). The first-order chi connectivity index (χ1) is 9.23. The summed E-state index contributed by atoms with van der Waals surface area (Å²) in [7, 11) is 1.65. The van der Waals surface area contributed by atoms with Gasteiger partial charge < -0.3 is 9.47 Å². The van der Waals surface area contributed by atoms with Gasteiger partial charge in [0, 0.05) is 25.5 Å². The van der Waals surface area contributed by atoms with E-state index in [0.717, 1.165) is 24.2 Å². The zero-order chi connectivity index (χ0) is 13.3. The Bertz CT molecular complexity index is 571. The fraction of sp³-hybridized carbons (Fsp3) is 0.312. The predicted octanol–water partition coefficient (Wildman–Crippen LogP) is 2.81. The molecule has 19 heavy (non-hydrogen) atoms. The van der Waals surface area contributed by atoms with E-state index >= 15 is 0 Å². The summed E-state index contributed by atoms with van der Waals surface area (Å²) in [6, 6.07) is 8.00. The van der Waals surface area contributed by atoms with Crippen molar-refractivity contribution in [3.05, 3.63) is 53.6 Å². The molecule has 1 aromatic carbocycles. The lowest BCUT2D eigenvalue weighted by molar-refractivity contribution is -0.143. The normalized spacial score (nSPS) is 25.5. The van der Waals surface area contributed by atoms with Crippen LogP contribution < -0.4 is 4.74 Å². The van der Waals surface area contributed by atoms with Gasteiger partial charge in [0.1, 0.15) is 5.75 Å². The molecular weight excluding hydrogens is 240 g/mol. The summed E-state index contributed by atoms with van der Waals surface area (Å²) in [6.45, 7) is 0. The van der Waals surface area contributed by atoms with E-state index in [0.29, 0.717) is 6.42 Å². The Hall–Kier alpha value is -1.87. The molecule has 1 atom stereocenters. The van der Waals surface area contributed by atoms with Crippen molar-refractivity contribution in [3.8, 4) is 5.75 Å². The summed E-state index contributed by atoms with van der Waals surface area (Å²) >= 11 is 0. The second-order valence-electron chi connectivity index (χ2n) is 4.83. The third-order valence-corrected chi connectivity index (χ3v) is 3.71. The number of para-hydroxylation sites is 1. The number of carbonyl (C=O) groups excluding carboxylic acids is 1. The van der Waals surface area contributed by atoms with Gasteiger partial charge in [0.25, 0.3) is 0 Å². The molecule has 1 aromatic rings. The van der Waals surface area contributed by atoms with E-state index in [2.05, 4.69) is 6.07 Å². The average Bonchev–Trinajstić information content (AvgIpc) is 2.47. The highest BCUT2D eigenvalue weighted by atomic mass is 16.7. The highest BCUT2D eigenvalue weighted by Crippen LogP contribution is 2.39. The largest absolute Gasteiger partial charge is 0.458 e. The van der Waals surface area contributed by atoms with Crippen LogP contribution in [0.5, 0.6) is 5.75 Å². The van der Waals surface area contributed by atoms with Crippen LogP contribution >= 0.6 is 0 Å². The van der Waals surface area contributed by atoms with E-state index in [1.807, 2.05) is 30.4 Å². The number of rotatable bonds is 2. The van der Waals surface area contributed by atoms with Crippen molar-refractivity contribution in [2.24, 2.45) is 0 Å². The fourth-order valence-electron chi connectivity index (χ4n) is 2.61. The quantitative estimate of drug-likeness (QED) is 0.816. The number of fused-ring (bicyclic) bond motifs is 1. The number of ether oxygens (including phenoxy) is 2. The zero-order valence-electron chi connectivity index (χ0n) is 10.9. The van der Waals surface area contributed by atoms with Crippen LogP contribution in [0.1, 0.15) is 18.4 Å². The Morgan fingerprint density at radius 2 is 2.11 bits per heavy atom. The van der Waals surface area contributed by atoms with Gasteiger partial charge in [-0.3, -0.25) is 4.79 Å². The molecule has 0 N–H and O–H groups in total. The van der Waals surface area contributed by atoms with Crippen LogP contribution in [-0.4, -0.2) is 18.7 Å². The Balaban J connectivity index is 1.94. The minimum Gasteiger partial charge on any atom is -0.458 e. The Morgan fingerprint density at radius 3 is 2.84 bits per heavy atom. The molecule has 3 nitrogen and oxygen atoms in total. The molecular formula is C16H16O3. The number of hydrogen-bond donors (Lipinski definition) is 0. The van der Waals surface area contributed by atoms with Crippen LogP contribution in [0.25, 0.3) is 0 Å². The molecule has 0 saturated heterocycles. The third-order valence-electron chi connectivity index (χ3n) is 3.71. The average molecular weight is 256 g/mol. The predicted molar refractivity (Wildman–Crippen MR) is 72.0 cm³/mol. The maximum absolute atomic E-state index is 11.3. The van der Waals surface area contributed by atoms with E-state index in [1.54, 1.807) is 13.2 Å². The van der Waals surface area contributed by atoms with Gasteiger partial charge in [-0.05, 0) is 30.2 Å². The second-order valence-corrected chi connectivity index (χ2v) is 4.83. The molecule has 3 heteroatoms. The van der Waals surface area contributed by atoms with Crippen LogP contribution in [0.4, 0.5) is 0 Å². The van der Waals surface area contributed by atoms with Crippen molar-refractivity contribution in [1.29, 1.82) is 0 Å². The molecule has 1 aliphatic carbocycles. The molecule has 98 valence electrons. The van der Waals surface area contributed by atoms with Crippen molar-refractivity contribution in [2.75, 3.05) is 7.11 Å². The summed E-state index contributed by atoms with van der Waals surface area (Å²) in [5.41, 5.74) is 2.13. The molecule has 1 heterocycles. The summed E-state index contributed by atoms with van der Waals surface area (Å²) in [5, 5.41) is 0. The number of allylic oxidation sites excluding steroid dienone is 2. The van der Waals surface area contributed by atoms with Crippen molar-refractivity contribution < 1.29 is 14.3 Å². The number of aryl methyl sites for hydroxylation is 1. The molecule has 0 radical (unpaired) electrons. The summed E-state index contributed by atoms with van der Waals surface area (Å²) in [4.78, 5) is 11.3. The summed E-state index contributed by atoms with van der Waals surface area (Å²) < 4.78 is 11.7. The van der Waals surface area contributed by atoms with Crippen molar-refractivity contribution in [1.82, 2.24) is 0 Å². The molecule has 0 amide bonds. The fourth-order valence-corrected chi connectivity index (χ4v) is 2.61. The Labute approximate surface area is 112 Å². The van der Waals surface area contributed by atoms with Crippen LogP contribution in [0.15, 0.2) is 48.1 Å². The van der Waals surface area contributed by atoms with Crippen molar-refractivity contribution >= 4 is 5.78 Å². The summed E-state index contributed by atoms with van der Waals surface area (Å²) in [6.07, 6.45) is 7.39. The van der Waals surface area contributed by atoms with Crippen molar-refractivity contribution in [2.45, 2.75) is 25.0 Å². The number of methoxy groups -OCH3 is 1. The minimum absolute atomic E-state index is 0.117. The molecule has 1 unspecified atom stereocenters. The van der Waals surface area contributed by atoms with Gasteiger partial charge >= 0.3 is 0 Å². The van der Waals surface area contributed by atoms with E-state index in [4.69, 9.17) is 9.47 Å². The molecule has 1 aliphatic heterocycles. The van der Waals surface area contributed by atoms with Gasteiger partial charge in [0.05, 0.1) is 0 Å². The maximum Gasteiger partial charge on any atom is 0.237 e. The number of hydrogen-bond acceptors (Lipinski definition) is 3. The first-order valence-electron chi connectivity index (χ1n) is 6.47. The number of carbonyl (C=O) groups is 1. The van der Waals surface area contributed by atoms with E-state index in [1.165, 1.54) is 5.56 Å². The Morgan fingerprint density at radius 1 is 1.26 bits per heavy atom. The standard InChI is InChI=1S/C16H16O3/c1-18-16(13-6-8-14(17)9-7-13)11-10-12-4-2-3-5-15(12)19-16/h2-8H,9-11H2,1H3.